The number of nitrogens with zero attached hydrogens (tertiary/aromatic N) is 4. The fourth-order valence-electron chi connectivity index (χ4n) is 4.82. The van der Waals surface area contributed by atoms with Gasteiger partial charge < -0.3 is 24.4 Å². The number of aliphatic hydroxyl groups is 1. The summed E-state index contributed by atoms with van der Waals surface area (Å²) in [5.74, 6) is 0.513. The van der Waals surface area contributed by atoms with Crippen molar-refractivity contribution in [1.82, 2.24) is 14.8 Å². The summed E-state index contributed by atoms with van der Waals surface area (Å²) < 4.78 is 12.7. The number of carbonyl (C=O) groups excluding carboxylic acids is 1. The minimum absolute atomic E-state index is 0.0281. The van der Waals surface area contributed by atoms with Crippen LogP contribution < -0.4 is 9.64 Å². The number of pyridine rings is 1. The predicted molar refractivity (Wildman–Crippen MR) is 152 cm³/mol. The normalized spacial score (nSPS) is 22.4. The molecule has 0 bridgehead atoms. The van der Waals surface area contributed by atoms with E-state index in [1.54, 1.807) is 4.90 Å². The molecule has 2 heterocycles. The molecule has 2 aromatic rings. The molecule has 0 saturated heterocycles. The van der Waals surface area contributed by atoms with Crippen LogP contribution in [0.5, 0.6) is 5.75 Å². The largest absolute Gasteiger partial charge is 0.490 e. The van der Waals surface area contributed by atoms with E-state index in [-0.39, 0.29) is 36.7 Å². The van der Waals surface area contributed by atoms with E-state index in [1.807, 2.05) is 75.6 Å². The Balaban J connectivity index is 1.90. The van der Waals surface area contributed by atoms with E-state index in [0.717, 1.165) is 38.0 Å². The van der Waals surface area contributed by atoms with Gasteiger partial charge in [0.1, 0.15) is 5.75 Å². The lowest BCUT2D eigenvalue weighted by atomic mass is 10.0. The minimum Gasteiger partial charge on any atom is -0.490 e. The fourth-order valence-corrected chi connectivity index (χ4v) is 4.82. The van der Waals surface area contributed by atoms with Crippen molar-refractivity contribution in [3.8, 4) is 5.75 Å². The van der Waals surface area contributed by atoms with E-state index in [0.29, 0.717) is 24.5 Å². The summed E-state index contributed by atoms with van der Waals surface area (Å²) in [4.78, 5) is 24.2. The highest BCUT2D eigenvalue weighted by molar-refractivity contribution is 5.98. The molecule has 1 N–H and O–H groups in total. The maximum atomic E-state index is 14.1. The minimum atomic E-state index is -0.346. The highest BCUT2D eigenvalue weighted by atomic mass is 16.5. The lowest BCUT2D eigenvalue weighted by molar-refractivity contribution is -0.0177. The first-order chi connectivity index (χ1) is 18.2. The van der Waals surface area contributed by atoms with E-state index in [9.17, 15) is 9.90 Å². The number of aromatic nitrogens is 1. The second-order valence-electron chi connectivity index (χ2n) is 10.9. The van der Waals surface area contributed by atoms with Crippen molar-refractivity contribution in [3.63, 3.8) is 0 Å². The zero-order chi connectivity index (χ0) is 27.7. The molecule has 3 rings (SSSR count). The Labute approximate surface area is 228 Å². The number of amides is 1. The monoisotopic (exact) mass is 526 g/mol. The predicted octanol–water partition coefficient (Wildman–Crippen LogP) is 4.08. The van der Waals surface area contributed by atoms with E-state index < -0.39 is 0 Å². The van der Waals surface area contributed by atoms with Gasteiger partial charge in [-0.3, -0.25) is 14.7 Å². The highest BCUT2D eigenvalue weighted by Gasteiger charge is 2.30. The number of aliphatic hydroxyl groups excluding tert-OH is 1. The molecule has 1 aromatic carbocycles. The second-order valence-corrected chi connectivity index (χ2v) is 10.9. The van der Waals surface area contributed by atoms with Crippen LogP contribution in [0.15, 0.2) is 42.7 Å². The third kappa shape index (κ3) is 8.41. The highest BCUT2D eigenvalue weighted by Crippen LogP contribution is 2.29. The smallest absolute Gasteiger partial charge is 0.258 e. The van der Waals surface area contributed by atoms with Crippen molar-refractivity contribution in [2.45, 2.75) is 64.8 Å². The molecule has 1 aliphatic rings. The van der Waals surface area contributed by atoms with Gasteiger partial charge >= 0.3 is 0 Å². The van der Waals surface area contributed by atoms with Crippen molar-refractivity contribution in [2.24, 2.45) is 5.92 Å². The summed E-state index contributed by atoms with van der Waals surface area (Å²) in [5, 5.41) is 10.1. The van der Waals surface area contributed by atoms with Gasteiger partial charge in [-0.05, 0) is 76.1 Å². The topological polar surface area (TPSA) is 78.4 Å². The number of rotatable bonds is 7. The molecule has 8 nitrogen and oxygen atoms in total. The van der Waals surface area contributed by atoms with E-state index in [2.05, 4.69) is 23.9 Å². The van der Waals surface area contributed by atoms with Gasteiger partial charge in [0.2, 0.25) is 0 Å². The van der Waals surface area contributed by atoms with Crippen LogP contribution >= 0.6 is 0 Å². The number of carbonyl (C=O) groups is 1. The first-order valence-corrected chi connectivity index (χ1v) is 13.8. The first kappa shape index (κ1) is 29.9. The van der Waals surface area contributed by atoms with Crippen molar-refractivity contribution in [2.75, 3.05) is 52.3 Å². The lowest BCUT2D eigenvalue weighted by Crippen LogP contribution is -2.47. The molecule has 210 valence electrons. The van der Waals surface area contributed by atoms with Gasteiger partial charge in [0.05, 0.1) is 30.4 Å². The standard InChI is InChI=1S/C30H46N4O4/c1-22-18-34(23(2)21-35)30(36)27-17-26(32(4)5)10-11-28(27)38-24(3)9-7-8-16-37-29(22)20-33(6)19-25-12-14-31-15-13-25/h10-15,17,22-24,29,35H,7-9,16,18-21H2,1-6H3/t22-,23-,24+,29-/m1/s1. The summed E-state index contributed by atoms with van der Waals surface area (Å²) in [6, 6.07) is 9.49. The molecule has 1 aromatic heterocycles. The zero-order valence-electron chi connectivity index (χ0n) is 24.0. The molecule has 0 unspecified atom stereocenters. The Morgan fingerprint density at radius 3 is 2.55 bits per heavy atom. The van der Waals surface area contributed by atoms with Crippen LogP contribution in [-0.4, -0.2) is 91.5 Å². The Kier molecular flexibility index (Phi) is 11.4. The maximum absolute atomic E-state index is 14.1. The van der Waals surface area contributed by atoms with Crippen molar-refractivity contribution < 1.29 is 19.4 Å². The van der Waals surface area contributed by atoms with E-state index in [4.69, 9.17) is 9.47 Å². The molecule has 0 spiro atoms. The molecule has 1 amide bonds. The molecule has 8 heteroatoms. The Morgan fingerprint density at radius 2 is 1.87 bits per heavy atom. The van der Waals surface area contributed by atoms with Gasteiger partial charge in [-0.25, -0.2) is 0 Å². The third-order valence-corrected chi connectivity index (χ3v) is 7.24. The molecular formula is C30H46N4O4. The quantitative estimate of drug-likeness (QED) is 0.583. The van der Waals surface area contributed by atoms with Crippen LogP contribution in [0.2, 0.25) is 0 Å². The van der Waals surface area contributed by atoms with Crippen LogP contribution in [0.1, 0.15) is 56.0 Å². The number of hydrogen-bond donors (Lipinski definition) is 1. The van der Waals surface area contributed by atoms with Gasteiger partial charge in [0.25, 0.3) is 5.91 Å². The lowest BCUT2D eigenvalue weighted by Gasteiger charge is -2.36. The zero-order valence-corrected chi connectivity index (χ0v) is 24.0. The van der Waals surface area contributed by atoms with Crippen molar-refractivity contribution in [3.05, 3.63) is 53.9 Å². The molecule has 4 atom stereocenters. The van der Waals surface area contributed by atoms with Gasteiger partial charge in [0.15, 0.2) is 0 Å². The average Bonchev–Trinajstić information content (AvgIpc) is 2.90. The van der Waals surface area contributed by atoms with Crippen LogP contribution in [0.4, 0.5) is 5.69 Å². The summed E-state index contributed by atoms with van der Waals surface area (Å²) in [7, 11) is 6.01. The Hall–Kier alpha value is -2.68. The number of benzene rings is 1. The number of hydrogen-bond acceptors (Lipinski definition) is 7. The van der Waals surface area contributed by atoms with Crippen molar-refractivity contribution in [1.29, 1.82) is 0 Å². The number of likely N-dealkylation sites (N-methyl/N-ethyl adjacent to an activating group) is 1. The maximum Gasteiger partial charge on any atom is 0.258 e. The summed E-state index contributed by atoms with van der Waals surface area (Å²) >= 11 is 0. The average molecular weight is 527 g/mol. The van der Waals surface area contributed by atoms with E-state index in [1.165, 1.54) is 5.56 Å². The molecule has 38 heavy (non-hydrogen) atoms. The molecule has 1 aliphatic heterocycles. The van der Waals surface area contributed by atoms with Crippen LogP contribution in [0, 0.1) is 5.92 Å². The number of fused-ring (bicyclic) bond motifs is 1. The first-order valence-electron chi connectivity index (χ1n) is 13.8. The molecule has 0 fully saturated rings. The summed E-state index contributed by atoms with van der Waals surface area (Å²) in [6.07, 6.45) is 6.36. The van der Waals surface area contributed by atoms with Gasteiger partial charge in [0, 0.05) is 64.3 Å². The van der Waals surface area contributed by atoms with E-state index >= 15 is 0 Å². The second kappa shape index (κ2) is 14.5. The van der Waals surface area contributed by atoms with Gasteiger partial charge in [-0.1, -0.05) is 6.92 Å². The summed E-state index contributed by atoms with van der Waals surface area (Å²) in [6.45, 7) is 8.61. The SMILES string of the molecule is C[C@@H]1CN([C@H](C)CO)C(=O)c2cc(N(C)C)ccc2O[C@@H](C)CCCCO[C@@H]1CN(C)Cc1ccncc1. The molecule has 0 saturated carbocycles. The third-order valence-electron chi connectivity index (χ3n) is 7.24. The van der Waals surface area contributed by atoms with Crippen molar-refractivity contribution >= 4 is 11.6 Å². The van der Waals surface area contributed by atoms with Crippen LogP contribution in [0.25, 0.3) is 0 Å². The van der Waals surface area contributed by atoms with Gasteiger partial charge in [-0.15, -0.1) is 0 Å². The van der Waals surface area contributed by atoms with Crippen LogP contribution in [-0.2, 0) is 11.3 Å². The molecule has 0 aliphatic carbocycles. The number of anilines is 1. The Morgan fingerprint density at radius 1 is 1.13 bits per heavy atom. The fraction of sp³-hybridized carbons (Fsp3) is 0.600. The number of ether oxygens (including phenoxy) is 2. The molecule has 0 radical (unpaired) electrons. The molecular weight excluding hydrogens is 480 g/mol. The Bertz CT molecular complexity index is 1000. The van der Waals surface area contributed by atoms with Gasteiger partial charge in [-0.2, -0.15) is 0 Å². The summed E-state index contributed by atoms with van der Waals surface area (Å²) in [5.41, 5.74) is 2.65. The van der Waals surface area contributed by atoms with Crippen LogP contribution in [0.3, 0.4) is 0 Å².